The largest absolute Gasteiger partial charge is 0.465 e. The van der Waals surface area contributed by atoms with Crippen LogP contribution >= 0.6 is 27.5 Å². The van der Waals surface area contributed by atoms with Gasteiger partial charge in [-0.15, -0.1) is 0 Å². The molecule has 2 aromatic heterocycles. The van der Waals surface area contributed by atoms with Crippen LogP contribution in [0.1, 0.15) is 21.6 Å². The molecule has 11 heteroatoms. The first-order valence-electron chi connectivity index (χ1n) is 8.42. The fraction of sp³-hybridized carbons (Fsp3) is 0.105. The van der Waals surface area contributed by atoms with Crippen LogP contribution in [-0.2, 0) is 0 Å². The molecular weight excluding hydrogens is 476 g/mol. The second-order valence-electron chi connectivity index (χ2n) is 6.17. The van der Waals surface area contributed by atoms with E-state index in [4.69, 9.17) is 11.6 Å². The minimum atomic E-state index is -1.24. The Kier molecular flexibility index (Phi) is 6.05. The lowest BCUT2D eigenvalue weighted by molar-refractivity contribution is 0.101. The third-order valence-corrected chi connectivity index (χ3v) is 4.87. The zero-order valence-electron chi connectivity index (χ0n) is 15.7. The highest BCUT2D eigenvalue weighted by Crippen LogP contribution is 2.31. The number of pyridine rings is 1. The summed E-state index contributed by atoms with van der Waals surface area (Å²) in [7, 11) is 1.32. The maximum atomic E-state index is 13.1. The molecule has 3 aromatic rings. The van der Waals surface area contributed by atoms with E-state index >= 15 is 0 Å². The number of carbonyl (C=O) groups excluding carboxylic acids is 1. The lowest BCUT2D eigenvalue weighted by atomic mass is 10.1. The number of nitriles is 1. The molecule has 0 aliphatic rings. The molecule has 0 fully saturated rings. The standard InChI is InChI=1S/C19H14BrClN6O3/c1-10-6-11(9-22)7-13(26(2)19(29)30)16(10)24-18(28)14-8-15(20)25-27(14)17-12(21)4-3-5-23-17/h3-8H,1-2H3,(H,24,28)(H,29,30). The summed E-state index contributed by atoms with van der Waals surface area (Å²) in [6, 6.07) is 9.67. The van der Waals surface area contributed by atoms with Crippen LogP contribution < -0.4 is 10.2 Å². The molecule has 1 aromatic carbocycles. The van der Waals surface area contributed by atoms with Crippen LogP contribution in [-0.4, -0.2) is 38.9 Å². The van der Waals surface area contributed by atoms with Crippen LogP contribution in [0.25, 0.3) is 5.82 Å². The van der Waals surface area contributed by atoms with Crippen molar-refractivity contribution in [3.63, 3.8) is 0 Å². The van der Waals surface area contributed by atoms with Gasteiger partial charge in [-0.2, -0.15) is 10.4 Å². The summed E-state index contributed by atoms with van der Waals surface area (Å²) in [5, 5.41) is 25.8. The SMILES string of the molecule is Cc1cc(C#N)cc(N(C)C(=O)O)c1NC(=O)c1cc(Br)nn1-c1ncccc1Cl. The molecule has 30 heavy (non-hydrogen) atoms. The molecule has 2 amide bonds. The van der Waals surface area contributed by atoms with E-state index < -0.39 is 12.0 Å². The van der Waals surface area contributed by atoms with Gasteiger partial charge in [0.1, 0.15) is 10.3 Å². The van der Waals surface area contributed by atoms with Gasteiger partial charge >= 0.3 is 6.09 Å². The molecule has 3 rings (SSSR count). The molecule has 2 N–H and O–H groups in total. The fourth-order valence-corrected chi connectivity index (χ4v) is 3.33. The number of carbonyl (C=O) groups is 2. The zero-order valence-corrected chi connectivity index (χ0v) is 18.1. The Bertz CT molecular complexity index is 1200. The third-order valence-electron chi connectivity index (χ3n) is 4.18. The van der Waals surface area contributed by atoms with Crippen molar-refractivity contribution < 1.29 is 14.7 Å². The summed E-state index contributed by atoms with van der Waals surface area (Å²) in [5.74, 6) is -0.308. The zero-order chi connectivity index (χ0) is 22.0. The van der Waals surface area contributed by atoms with E-state index in [2.05, 4.69) is 31.3 Å². The van der Waals surface area contributed by atoms with Crippen molar-refractivity contribution in [1.82, 2.24) is 14.8 Å². The van der Waals surface area contributed by atoms with E-state index in [-0.39, 0.29) is 28.5 Å². The van der Waals surface area contributed by atoms with Gasteiger partial charge in [0, 0.05) is 19.3 Å². The minimum absolute atomic E-state index is 0.121. The smallest absolute Gasteiger partial charge is 0.411 e. The van der Waals surface area contributed by atoms with Crippen molar-refractivity contribution in [2.75, 3.05) is 17.3 Å². The number of rotatable bonds is 4. The molecule has 0 aliphatic carbocycles. The van der Waals surface area contributed by atoms with E-state index in [1.807, 2.05) is 6.07 Å². The maximum absolute atomic E-state index is 13.1. The lowest BCUT2D eigenvalue weighted by Gasteiger charge is -2.20. The maximum Gasteiger partial charge on any atom is 0.411 e. The Morgan fingerprint density at radius 1 is 1.37 bits per heavy atom. The molecule has 152 valence electrons. The first-order chi connectivity index (χ1) is 14.2. The Labute approximate surface area is 184 Å². The fourth-order valence-electron chi connectivity index (χ4n) is 2.75. The van der Waals surface area contributed by atoms with Gasteiger partial charge in [-0.3, -0.25) is 9.69 Å². The summed E-state index contributed by atoms with van der Waals surface area (Å²) in [6.07, 6.45) is 0.274. The molecule has 0 aliphatic heterocycles. The van der Waals surface area contributed by atoms with Crippen molar-refractivity contribution in [2.45, 2.75) is 6.92 Å². The Morgan fingerprint density at radius 2 is 2.10 bits per heavy atom. The van der Waals surface area contributed by atoms with Crippen LogP contribution in [0.4, 0.5) is 16.2 Å². The van der Waals surface area contributed by atoms with Gasteiger partial charge in [0.15, 0.2) is 5.82 Å². The number of halogens is 2. The number of benzene rings is 1. The first kappa shape index (κ1) is 21.3. The number of aromatic nitrogens is 3. The Morgan fingerprint density at radius 3 is 2.73 bits per heavy atom. The van der Waals surface area contributed by atoms with E-state index in [9.17, 15) is 20.0 Å². The summed E-state index contributed by atoms with van der Waals surface area (Å²) >= 11 is 9.44. The van der Waals surface area contributed by atoms with Crippen LogP contribution in [0.15, 0.2) is 41.1 Å². The van der Waals surface area contributed by atoms with Crippen molar-refractivity contribution in [2.24, 2.45) is 0 Å². The molecule has 9 nitrogen and oxygen atoms in total. The van der Waals surface area contributed by atoms with Crippen LogP contribution in [0.5, 0.6) is 0 Å². The van der Waals surface area contributed by atoms with Gasteiger partial charge in [0.05, 0.1) is 28.0 Å². The van der Waals surface area contributed by atoms with Gasteiger partial charge in [0.25, 0.3) is 5.91 Å². The van der Waals surface area contributed by atoms with Crippen molar-refractivity contribution >= 4 is 50.9 Å². The molecule has 2 heterocycles. The van der Waals surface area contributed by atoms with Gasteiger partial charge in [-0.05, 0) is 52.7 Å². The Hall–Kier alpha value is -3.42. The second-order valence-corrected chi connectivity index (χ2v) is 7.39. The highest BCUT2D eigenvalue weighted by atomic mass is 79.9. The van der Waals surface area contributed by atoms with Crippen LogP contribution in [0.2, 0.25) is 5.02 Å². The molecule has 0 spiro atoms. The van der Waals surface area contributed by atoms with Gasteiger partial charge < -0.3 is 10.4 Å². The topological polar surface area (TPSA) is 124 Å². The van der Waals surface area contributed by atoms with Crippen LogP contribution in [0, 0.1) is 18.3 Å². The first-order valence-corrected chi connectivity index (χ1v) is 9.59. The van der Waals surface area contributed by atoms with E-state index in [0.29, 0.717) is 15.2 Å². The molecule has 0 atom stereocenters. The normalized spacial score (nSPS) is 10.4. The van der Waals surface area contributed by atoms with Crippen LogP contribution in [0.3, 0.4) is 0 Å². The predicted molar refractivity (Wildman–Crippen MR) is 114 cm³/mol. The molecule has 0 saturated carbocycles. The second kappa shape index (κ2) is 8.52. The summed E-state index contributed by atoms with van der Waals surface area (Å²) < 4.78 is 1.66. The molecule has 0 saturated heterocycles. The van der Waals surface area contributed by atoms with Crippen molar-refractivity contribution in [3.8, 4) is 11.9 Å². The van der Waals surface area contributed by atoms with E-state index in [0.717, 1.165) is 4.90 Å². The van der Waals surface area contributed by atoms with Gasteiger partial charge in [0.2, 0.25) is 0 Å². The monoisotopic (exact) mass is 488 g/mol. The number of hydrogen-bond donors (Lipinski definition) is 2. The van der Waals surface area contributed by atoms with Gasteiger partial charge in [-0.1, -0.05) is 11.6 Å². The average molecular weight is 490 g/mol. The minimum Gasteiger partial charge on any atom is -0.465 e. The summed E-state index contributed by atoms with van der Waals surface area (Å²) in [4.78, 5) is 29.7. The lowest BCUT2D eigenvalue weighted by Crippen LogP contribution is -2.26. The molecule has 0 unspecified atom stereocenters. The van der Waals surface area contributed by atoms with E-state index in [1.54, 1.807) is 25.1 Å². The van der Waals surface area contributed by atoms with Crippen molar-refractivity contribution in [1.29, 1.82) is 5.26 Å². The number of hydrogen-bond acceptors (Lipinski definition) is 5. The highest BCUT2D eigenvalue weighted by molar-refractivity contribution is 9.10. The highest BCUT2D eigenvalue weighted by Gasteiger charge is 2.23. The number of aryl methyl sites for hydroxylation is 1. The van der Waals surface area contributed by atoms with E-state index in [1.165, 1.54) is 30.1 Å². The van der Waals surface area contributed by atoms with Crippen molar-refractivity contribution in [3.05, 3.63) is 63.0 Å². The summed E-state index contributed by atoms with van der Waals surface area (Å²) in [6.45, 7) is 1.67. The molecular formula is C19H14BrClN6O3. The molecule has 0 radical (unpaired) electrons. The molecule has 0 bridgehead atoms. The number of amides is 2. The summed E-state index contributed by atoms with van der Waals surface area (Å²) in [5.41, 5.74) is 1.32. The van der Waals surface area contributed by atoms with Gasteiger partial charge in [-0.25, -0.2) is 14.5 Å². The average Bonchev–Trinajstić information content (AvgIpc) is 3.10. The number of nitrogens with zero attached hydrogens (tertiary/aromatic N) is 5. The third kappa shape index (κ3) is 4.12. The quantitative estimate of drug-likeness (QED) is 0.565. The number of nitrogens with one attached hydrogen (secondary N) is 1. The number of anilines is 2. The number of carboxylic acid groups (broad SMARTS) is 1. The Balaban J connectivity index is 2.07. The predicted octanol–water partition coefficient (Wildman–Crippen LogP) is 4.23.